The number of nitrogens with one attached hydrogen (secondary N) is 3. The molecule has 7 nitrogen and oxygen atoms in total. The number of H-pyrrole nitrogens is 2. The van der Waals surface area contributed by atoms with Gasteiger partial charge in [-0.25, -0.2) is 4.98 Å². The molecule has 0 bridgehead atoms. The monoisotopic (exact) mass is 527 g/mol. The van der Waals surface area contributed by atoms with E-state index in [1.165, 1.54) is 32.1 Å². The van der Waals surface area contributed by atoms with Crippen LogP contribution in [-0.2, 0) is 0 Å². The average molecular weight is 528 g/mol. The smallest absolute Gasteiger partial charge is 0.159 e. The van der Waals surface area contributed by atoms with Crippen molar-refractivity contribution in [3.05, 3.63) is 103 Å². The third-order valence-electron chi connectivity index (χ3n) is 7.75. The van der Waals surface area contributed by atoms with Crippen molar-refractivity contribution in [2.45, 2.75) is 39.0 Å². The van der Waals surface area contributed by atoms with E-state index < -0.39 is 0 Å². The summed E-state index contributed by atoms with van der Waals surface area (Å²) in [6.45, 7) is 10.4. The van der Waals surface area contributed by atoms with Gasteiger partial charge in [0, 0.05) is 40.9 Å². The number of rotatable bonds is 8. The maximum absolute atomic E-state index is 4.96. The molecule has 40 heavy (non-hydrogen) atoms. The predicted molar refractivity (Wildman–Crippen MR) is 163 cm³/mol. The lowest BCUT2D eigenvalue weighted by Gasteiger charge is -2.25. The molecule has 4 aromatic heterocycles. The predicted octanol–water partition coefficient (Wildman–Crippen LogP) is 7.72. The third-order valence-corrected chi connectivity index (χ3v) is 7.75. The van der Waals surface area contributed by atoms with Crippen molar-refractivity contribution in [1.82, 2.24) is 35.5 Å². The Morgan fingerprint density at radius 1 is 1.02 bits per heavy atom. The first-order valence-corrected chi connectivity index (χ1v) is 13.8. The number of benzene rings is 1. The number of pyridine rings is 2. The molecule has 0 amide bonds. The van der Waals surface area contributed by atoms with Crippen LogP contribution in [0.5, 0.6) is 0 Å². The van der Waals surface area contributed by atoms with Crippen LogP contribution in [0.3, 0.4) is 0 Å². The van der Waals surface area contributed by atoms with Gasteiger partial charge < -0.3 is 10.3 Å². The van der Waals surface area contributed by atoms with Gasteiger partial charge >= 0.3 is 0 Å². The Morgan fingerprint density at radius 2 is 1.85 bits per heavy atom. The molecule has 5 aromatic rings. The highest BCUT2D eigenvalue weighted by Gasteiger charge is 2.18. The molecule has 7 heteroatoms. The summed E-state index contributed by atoms with van der Waals surface area (Å²) in [5, 5.41) is 12.3. The van der Waals surface area contributed by atoms with E-state index >= 15 is 0 Å². The summed E-state index contributed by atoms with van der Waals surface area (Å²) in [7, 11) is 0. The molecule has 1 aliphatic rings. The minimum absolute atomic E-state index is 0.522. The summed E-state index contributed by atoms with van der Waals surface area (Å²) >= 11 is 0. The van der Waals surface area contributed by atoms with Crippen LogP contribution in [0.4, 0.5) is 0 Å². The van der Waals surface area contributed by atoms with Crippen LogP contribution in [-0.4, -0.2) is 30.1 Å². The van der Waals surface area contributed by atoms with Crippen LogP contribution >= 0.6 is 0 Å². The summed E-state index contributed by atoms with van der Waals surface area (Å²) in [4.78, 5) is 16.9. The largest absolute Gasteiger partial charge is 0.359 e. The van der Waals surface area contributed by atoms with Gasteiger partial charge in [-0.2, -0.15) is 5.10 Å². The normalized spacial score (nSPS) is 15.0. The molecule has 0 spiro atoms. The zero-order chi connectivity index (χ0) is 27.5. The van der Waals surface area contributed by atoms with E-state index in [1.54, 1.807) is 18.6 Å². The molecule has 4 heterocycles. The summed E-state index contributed by atoms with van der Waals surface area (Å²) in [5.41, 5.74) is 9.57. The van der Waals surface area contributed by atoms with E-state index in [-0.39, 0.29) is 0 Å². The maximum atomic E-state index is 4.96. The van der Waals surface area contributed by atoms with Crippen LogP contribution in [0, 0.1) is 5.92 Å². The Kier molecular flexibility index (Phi) is 7.10. The number of aromatic amines is 2. The number of hydrogen-bond donors (Lipinski definition) is 3. The molecule has 0 aliphatic heterocycles. The van der Waals surface area contributed by atoms with Crippen LogP contribution in [0.25, 0.3) is 50.2 Å². The van der Waals surface area contributed by atoms with Gasteiger partial charge in [0.05, 0.1) is 22.7 Å². The van der Waals surface area contributed by atoms with Gasteiger partial charge in [-0.1, -0.05) is 44.6 Å². The van der Waals surface area contributed by atoms with Crippen molar-refractivity contribution in [2.75, 3.05) is 0 Å². The molecular formula is C33H33N7. The average Bonchev–Trinajstić information content (AvgIpc) is 3.64. The van der Waals surface area contributed by atoms with Gasteiger partial charge in [0.25, 0.3) is 0 Å². The first kappa shape index (κ1) is 25.5. The Hall–Kier alpha value is -4.78. The Labute approximate surface area is 233 Å². The van der Waals surface area contributed by atoms with Crippen molar-refractivity contribution in [2.24, 2.45) is 5.92 Å². The molecule has 1 saturated carbocycles. The molecule has 0 saturated heterocycles. The van der Waals surface area contributed by atoms with Gasteiger partial charge in [-0.05, 0) is 78.8 Å². The van der Waals surface area contributed by atoms with Gasteiger partial charge in [0.1, 0.15) is 5.69 Å². The summed E-state index contributed by atoms with van der Waals surface area (Å²) in [5.74, 6) is 1.21. The zero-order valence-corrected chi connectivity index (χ0v) is 22.7. The summed E-state index contributed by atoms with van der Waals surface area (Å²) in [6, 6.07) is 10.3. The number of fused-ring (bicyclic) bond motifs is 2. The lowest BCUT2D eigenvalue weighted by molar-refractivity contribution is 0.393. The highest BCUT2D eigenvalue weighted by Crippen LogP contribution is 2.33. The van der Waals surface area contributed by atoms with Crippen molar-refractivity contribution in [3.8, 4) is 22.6 Å². The highest BCUT2D eigenvalue weighted by atomic mass is 15.1. The molecule has 0 unspecified atom stereocenters. The van der Waals surface area contributed by atoms with E-state index in [4.69, 9.17) is 4.98 Å². The van der Waals surface area contributed by atoms with Crippen LogP contribution in [0.2, 0.25) is 0 Å². The standard InChI is InChI=1S/C33H33N7/c1-4-22(17-26(5-2)36-21(3)23-9-7-6-8-10-23)25-11-12-29-27(18-25)32(40-39-29)33-37-30-20-35-19-28(31(30)38-33)24-13-15-34-16-14-24/h4-5,11-20,23,36H,2-3,6-10H2,1H3,(H,37,38)(H,39,40)/b22-4+,26-17+. The fourth-order valence-electron chi connectivity index (χ4n) is 5.55. The zero-order valence-electron chi connectivity index (χ0n) is 22.7. The van der Waals surface area contributed by atoms with E-state index in [0.29, 0.717) is 11.7 Å². The van der Waals surface area contributed by atoms with Crippen LogP contribution in [0.15, 0.2) is 97.9 Å². The van der Waals surface area contributed by atoms with Crippen LogP contribution < -0.4 is 5.32 Å². The van der Waals surface area contributed by atoms with Crippen molar-refractivity contribution >= 4 is 27.5 Å². The third kappa shape index (κ3) is 4.98. The second-order valence-corrected chi connectivity index (χ2v) is 10.3. The lowest BCUT2D eigenvalue weighted by atomic mass is 9.87. The van der Waals surface area contributed by atoms with E-state index in [9.17, 15) is 0 Å². The van der Waals surface area contributed by atoms with Gasteiger partial charge in [-0.15, -0.1) is 0 Å². The first-order valence-electron chi connectivity index (χ1n) is 13.8. The van der Waals surface area contributed by atoms with E-state index in [0.717, 1.165) is 61.3 Å². The first-order chi connectivity index (χ1) is 19.6. The molecule has 0 atom stereocenters. The molecule has 1 fully saturated rings. The van der Waals surface area contributed by atoms with E-state index in [1.807, 2.05) is 24.4 Å². The molecule has 1 aromatic carbocycles. The highest BCUT2D eigenvalue weighted by molar-refractivity contribution is 5.98. The Balaban J connectivity index is 1.33. The SMILES string of the molecule is C=C/C(=C\C(=C/C)c1ccc2[nH]nc(-c3nc4c(-c5ccncc5)cncc4[nH]3)c2c1)NC(=C)C1CCCCC1. The topological polar surface area (TPSA) is 95.2 Å². The molecule has 0 radical (unpaired) electrons. The second-order valence-electron chi connectivity index (χ2n) is 10.3. The Bertz CT molecular complexity index is 1750. The number of hydrogen-bond acceptors (Lipinski definition) is 5. The number of allylic oxidation sites excluding steroid dienone is 5. The maximum Gasteiger partial charge on any atom is 0.159 e. The minimum Gasteiger partial charge on any atom is -0.359 e. The number of imidazole rings is 1. The second kappa shape index (κ2) is 11.1. The molecular weight excluding hydrogens is 494 g/mol. The molecule has 3 N–H and O–H groups in total. The van der Waals surface area contributed by atoms with Gasteiger partial charge in [0.15, 0.2) is 5.82 Å². The van der Waals surface area contributed by atoms with Gasteiger partial charge in [-0.3, -0.25) is 15.1 Å². The van der Waals surface area contributed by atoms with Crippen molar-refractivity contribution in [1.29, 1.82) is 0 Å². The number of aromatic nitrogens is 6. The molecule has 6 rings (SSSR count). The quantitative estimate of drug-likeness (QED) is 0.180. The molecule has 200 valence electrons. The summed E-state index contributed by atoms with van der Waals surface area (Å²) in [6.07, 6.45) is 19.6. The van der Waals surface area contributed by atoms with E-state index in [2.05, 4.69) is 80.9 Å². The molecule has 1 aliphatic carbocycles. The van der Waals surface area contributed by atoms with Gasteiger partial charge in [0.2, 0.25) is 0 Å². The lowest BCUT2D eigenvalue weighted by Crippen LogP contribution is -2.20. The fraction of sp³-hybridized carbons (Fsp3) is 0.212. The summed E-state index contributed by atoms with van der Waals surface area (Å²) < 4.78 is 0. The Morgan fingerprint density at radius 3 is 2.62 bits per heavy atom. The minimum atomic E-state index is 0.522. The van der Waals surface area contributed by atoms with Crippen molar-refractivity contribution in [3.63, 3.8) is 0 Å². The van der Waals surface area contributed by atoms with Crippen LogP contribution in [0.1, 0.15) is 44.6 Å². The van der Waals surface area contributed by atoms with Crippen molar-refractivity contribution < 1.29 is 0 Å². The fourth-order valence-corrected chi connectivity index (χ4v) is 5.55. The number of nitrogens with zero attached hydrogens (tertiary/aromatic N) is 4.